The lowest BCUT2D eigenvalue weighted by Crippen LogP contribution is -2.14. The molecule has 1 heterocycles. The van der Waals surface area contributed by atoms with Crippen molar-refractivity contribution < 1.29 is 18.0 Å². The molecule has 3 rings (SSSR count). The molecule has 0 bridgehead atoms. The van der Waals surface area contributed by atoms with Gasteiger partial charge in [0.15, 0.2) is 0 Å². The summed E-state index contributed by atoms with van der Waals surface area (Å²) in [6, 6.07) is 12.4. The summed E-state index contributed by atoms with van der Waals surface area (Å²) in [4.78, 5) is 20.2. The Morgan fingerprint density at radius 3 is 2.32 bits per heavy atom. The van der Waals surface area contributed by atoms with Gasteiger partial charge in [-0.1, -0.05) is 31.2 Å². The minimum absolute atomic E-state index is 0.0502. The van der Waals surface area contributed by atoms with Crippen LogP contribution in [0.25, 0.3) is 0 Å². The molecule has 0 spiro atoms. The summed E-state index contributed by atoms with van der Waals surface area (Å²) in [5, 5.41) is 5.28. The summed E-state index contributed by atoms with van der Waals surface area (Å²) in [6.07, 6.45) is -1.19. The molecule has 28 heavy (non-hydrogen) atoms. The lowest BCUT2D eigenvalue weighted by molar-refractivity contribution is -0.136. The van der Waals surface area contributed by atoms with Gasteiger partial charge < -0.3 is 10.6 Å². The number of carbonyl (C=O) groups is 1. The largest absolute Gasteiger partial charge is 0.418 e. The van der Waals surface area contributed by atoms with Crippen LogP contribution < -0.4 is 10.6 Å². The molecule has 0 saturated heterocycles. The van der Waals surface area contributed by atoms with Gasteiger partial charge in [0, 0.05) is 5.69 Å². The molecule has 0 saturated carbocycles. The van der Waals surface area contributed by atoms with Crippen LogP contribution in [-0.2, 0) is 12.6 Å². The third-order valence-corrected chi connectivity index (χ3v) is 4.00. The number of alkyl halides is 3. The zero-order valence-corrected chi connectivity index (χ0v) is 14.9. The van der Waals surface area contributed by atoms with Crippen LogP contribution in [-0.4, -0.2) is 15.9 Å². The first kappa shape index (κ1) is 19.3. The maximum atomic E-state index is 13.0. The van der Waals surface area contributed by atoms with Crippen molar-refractivity contribution in [1.29, 1.82) is 0 Å². The summed E-state index contributed by atoms with van der Waals surface area (Å²) in [7, 11) is 0. The smallest absolute Gasteiger partial charge is 0.338 e. The molecule has 2 aromatic carbocycles. The van der Waals surface area contributed by atoms with Crippen LogP contribution in [0, 0.1) is 0 Å². The predicted molar refractivity (Wildman–Crippen MR) is 101 cm³/mol. The lowest BCUT2D eigenvalue weighted by Gasteiger charge is -2.13. The topological polar surface area (TPSA) is 66.9 Å². The molecule has 2 N–H and O–H groups in total. The number of para-hydroxylation sites is 1. The van der Waals surface area contributed by atoms with E-state index in [1.54, 1.807) is 12.1 Å². The van der Waals surface area contributed by atoms with Crippen molar-refractivity contribution >= 4 is 23.1 Å². The number of aryl methyl sites for hydroxylation is 1. The van der Waals surface area contributed by atoms with Gasteiger partial charge in [0.1, 0.15) is 11.5 Å². The fraction of sp³-hybridized carbons (Fsp3) is 0.150. The van der Waals surface area contributed by atoms with Crippen molar-refractivity contribution in [3.05, 3.63) is 77.7 Å². The van der Waals surface area contributed by atoms with Gasteiger partial charge >= 0.3 is 6.18 Å². The van der Waals surface area contributed by atoms with Crippen molar-refractivity contribution in [2.75, 3.05) is 10.6 Å². The summed E-state index contributed by atoms with van der Waals surface area (Å²) < 4.78 is 39.1. The lowest BCUT2D eigenvalue weighted by atomic mass is 10.1. The van der Waals surface area contributed by atoms with Gasteiger partial charge in [-0.25, -0.2) is 9.97 Å². The van der Waals surface area contributed by atoms with E-state index in [-0.39, 0.29) is 17.2 Å². The van der Waals surface area contributed by atoms with E-state index < -0.39 is 17.6 Å². The van der Waals surface area contributed by atoms with Gasteiger partial charge in [-0.3, -0.25) is 4.79 Å². The molecule has 0 fully saturated rings. The number of rotatable bonds is 5. The highest BCUT2D eigenvalue weighted by Crippen LogP contribution is 2.35. The number of hydrogen-bond acceptors (Lipinski definition) is 4. The Bertz CT molecular complexity index is 954. The number of hydrogen-bond donors (Lipinski definition) is 2. The average Bonchev–Trinajstić information content (AvgIpc) is 2.69. The zero-order valence-electron chi connectivity index (χ0n) is 14.9. The predicted octanol–water partition coefficient (Wildman–Crippen LogP) is 5.05. The van der Waals surface area contributed by atoms with E-state index in [1.807, 2.05) is 19.1 Å². The van der Waals surface area contributed by atoms with E-state index in [0.717, 1.165) is 18.1 Å². The van der Waals surface area contributed by atoms with E-state index in [0.29, 0.717) is 5.69 Å². The highest BCUT2D eigenvalue weighted by Gasteiger charge is 2.33. The van der Waals surface area contributed by atoms with Crippen LogP contribution >= 0.6 is 0 Å². The summed E-state index contributed by atoms with van der Waals surface area (Å²) in [6.45, 7) is 2.03. The third-order valence-electron chi connectivity index (χ3n) is 4.00. The van der Waals surface area contributed by atoms with Crippen molar-refractivity contribution in [1.82, 2.24) is 9.97 Å². The molecule has 8 heteroatoms. The van der Waals surface area contributed by atoms with Crippen LogP contribution in [0.3, 0.4) is 0 Å². The molecule has 144 valence electrons. The second-order valence-corrected chi connectivity index (χ2v) is 5.96. The zero-order chi connectivity index (χ0) is 20.1. The fourth-order valence-electron chi connectivity index (χ4n) is 2.51. The van der Waals surface area contributed by atoms with Gasteiger partial charge in [-0.15, -0.1) is 0 Å². The van der Waals surface area contributed by atoms with Crippen LogP contribution in [0.15, 0.2) is 60.9 Å². The number of benzene rings is 2. The van der Waals surface area contributed by atoms with Crippen LogP contribution in [0.5, 0.6) is 0 Å². The number of amides is 1. The Morgan fingerprint density at radius 2 is 1.71 bits per heavy atom. The Kier molecular flexibility index (Phi) is 5.58. The summed E-state index contributed by atoms with van der Waals surface area (Å²) in [5.41, 5.74) is 0.860. The number of halogens is 3. The van der Waals surface area contributed by atoms with E-state index in [4.69, 9.17) is 0 Å². The van der Waals surface area contributed by atoms with Gasteiger partial charge in [-0.05, 0) is 36.2 Å². The molecule has 1 amide bonds. The van der Waals surface area contributed by atoms with Crippen molar-refractivity contribution in [2.24, 2.45) is 0 Å². The molecule has 5 nitrogen and oxygen atoms in total. The number of nitrogens with zero attached hydrogens (tertiary/aromatic N) is 2. The highest BCUT2D eigenvalue weighted by molar-refractivity contribution is 6.02. The quantitative estimate of drug-likeness (QED) is 0.644. The summed E-state index contributed by atoms with van der Waals surface area (Å²) >= 11 is 0. The molecular weight excluding hydrogens is 369 g/mol. The normalized spacial score (nSPS) is 11.1. The number of carbonyl (C=O) groups excluding carboxylic acids is 1. The molecule has 0 atom stereocenters. The number of aromatic nitrogens is 2. The monoisotopic (exact) mass is 386 g/mol. The maximum absolute atomic E-state index is 13.0. The Labute approximate surface area is 159 Å². The second kappa shape index (κ2) is 8.08. The molecule has 0 radical (unpaired) electrons. The van der Waals surface area contributed by atoms with Crippen molar-refractivity contribution in [3.63, 3.8) is 0 Å². The molecule has 3 aromatic rings. The summed E-state index contributed by atoms with van der Waals surface area (Å²) in [5.74, 6) is -0.362. The highest BCUT2D eigenvalue weighted by atomic mass is 19.4. The van der Waals surface area contributed by atoms with Crippen LogP contribution in [0.4, 0.5) is 30.4 Å². The van der Waals surface area contributed by atoms with Crippen molar-refractivity contribution in [2.45, 2.75) is 19.5 Å². The average molecular weight is 386 g/mol. The molecule has 0 aliphatic rings. The maximum Gasteiger partial charge on any atom is 0.418 e. The van der Waals surface area contributed by atoms with Gasteiger partial charge in [0.2, 0.25) is 0 Å². The Morgan fingerprint density at radius 1 is 1.00 bits per heavy atom. The van der Waals surface area contributed by atoms with E-state index in [9.17, 15) is 18.0 Å². The molecular formula is C20H17F3N4O. The van der Waals surface area contributed by atoms with E-state index in [1.165, 1.54) is 30.6 Å². The molecule has 1 aromatic heterocycles. The molecule has 0 aliphatic heterocycles. The molecule has 0 aliphatic carbocycles. The van der Waals surface area contributed by atoms with E-state index >= 15 is 0 Å². The number of anilines is 3. The van der Waals surface area contributed by atoms with Gasteiger partial charge in [0.05, 0.1) is 23.6 Å². The number of nitrogens with one attached hydrogen (secondary N) is 2. The fourth-order valence-corrected chi connectivity index (χ4v) is 2.51. The Balaban J connectivity index is 1.70. The first-order valence-corrected chi connectivity index (χ1v) is 8.52. The van der Waals surface area contributed by atoms with Crippen LogP contribution in [0.2, 0.25) is 0 Å². The van der Waals surface area contributed by atoms with Crippen molar-refractivity contribution in [3.8, 4) is 0 Å². The standard InChI is InChI=1S/C20H17F3N4O/c1-2-13-7-9-14(10-8-13)26-19(28)17-11-25-18(12-24-17)27-16-6-4-3-5-15(16)20(21,22)23/h3-12H,2H2,1H3,(H,25,27)(H,26,28). The minimum atomic E-state index is -4.50. The van der Waals surface area contributed by atoms with Gasteiger partial charge in [-0.2, -0.15) is 13.2 Å². The van der Waals surface area contributed by atoms with E-state index in [2.05, 4.69) is 20.6 Å². The minimum Gasteiger partial charge on any atom is -0.338 e. The Hall–Kier alpha value is -3.42. The second-order valence-electron chi connectivity index (χ2n) is 5.96. The first-order valence-electron chi connectivity index (χ1n) is 8.52. The van der Waals surface area contributed by atoms with Crippen LogP contribution in [0.1, 0.15) is 28.5 Å². The SMILES string of the molecule is CCc1ccc(NC(=O)c2cnc(Nc3ccccc3C(F)(F)F)cn2)cc1. The van der Waals surface area contributed by atoms with Gasteiger partial charge in [0.25, 0.3) is 5.91 Å². The first-order chi connectivity index (χ1) is 13.4. The third kappa shape index (κ3) is 4.64. The molecule has 0 unspecified atom stereocenters.